The minimum absolute atomic E-state index is 0.0315. The van der Waals surface area contributed by atoms with Crippen LogP contribution < -0.4 is 11.3 Å². The number of ether oxygens (including phenoxy) is 1. The lowest BCUT2D eigenvalue weighted by Gasteiger charge is -2.34. The molecular weight excluding hydrogens is 259 g/mol. The zero-order valence-corrected chi connectivity index (χ0v) is 11.1. The van der Waals surface area contributed by atoms with E-state index in [0.717, 1.165) is 18.5 Å². The van der Waals surface area contributed by atoms with Crippen LogP contribution in [0.5, 0.6) is 0 Å². The van der Waals surface area contributed by atoms with E-state index in [0.29, 0.717) is 6.61 Å². The third kappa shape index (κ3) is 3.65. The summed E-state index contributed by atoms with van der Waals surface area (Å²) < 4.78 is 44.4. The molecule has 1 heterocycles. The first-order valence-electron chi connectivity index (χ1n) is 5.85. The Kier molecular flexibility index (Phi) is 4.89. The van der Waals surface area contributed by atoms with Crippen LogP contribution >= 0.6 is 0 Å². The quantitative estimate of drug-likeness (QED) is 0.641. The van der Waals surface area contributed by atoms with Crippen molar-refractivity contribution >= 4 is 0 Å². The van der Waals surface area contributed by atoms with Gasteiger partial charge in [0, 0.05) is 24.6 Å². The van der Waals surface area contributed by atoms with Gasteiger partial charge in [0.15, 0.2) is 0 Å². The lowest BCUT2D eigenvalue weighted by molar-refractivity contribution is -0.139. The lowest BCUT2D eigenvalue weighted by atomic mass is 9.90. The molecule has 0 aliphatic heterocycles. The topological polar surface area (TPSA) is 60.2 Å². The summed E-state index contributed by atoms with van der Waals surface area (Å²) in [5.41, 5.74) is 0.698. The third-order valence-corrected chi connectivity index (χ3v) is 2.85. The number of hydrogen-bond donors (Lipinski definition) is 2. The summed E-state index contributed by atoms with van der Waals surface area (Å²) in [7, 11) is 0. The molecule has 0 spiro atoms. The molecule has 1 aromatic rings. The van der Waals surface area contributed by atoms with Gasteiger partial charge in [0.2, 0.25) is 0 Å². The maximum absolute atomic E-state index is 13.0. The van der Waals surface area contributed by atoms with E-state index in [4.69, 9.17) is 10.6 Å². The molecule has 0 aliphatic rings. The summed E-state index contributed by atoms with van der Waals surface area (Å²) in [6.07, 6.45) is -2.20. The van der Waals surface area contributed by atoms with Crippen molar-refractivity contribution in [2.75, 3.05) is 6.61 Å². The number of aromatic nitrogens is 1. The molecule has 1 rings (SSSR count). The number of halogens is 3. The molecular formula is C12H18F3N3O. The van der Waals surface area contributed by atoms with E-state index >= 15 is 0 Å². The van der Waals surface area contributed by atoms with Crippen LogP contribution in [0.3, 0.4) is 0 Å². The summed E-state index contributed by atoms with van der Waals surface area (Å²) in [6.45, 7) is 5.48. The van der Waals surface area contributed by atoms with Crippen molar-refractivity contribution < 1.29 is 17.9 Å². The SMILES string of the molecule is CCOC(C)(C)C(NN)c1cnccc1C(F)(F)F. The fourth-order valence-corrected chi connectivity index (χ4v) is 2.02. The molecule has 1 unspecified atom stereocenters. The van der Waals surface area contributed by atoms with Crippen molar-refractivity contribution in [3.63, 3.8) is 0 Å². The Morgan fingerprint density at radius 1 is 1.42 bits per heavy atom. The van der Waals surface area contributed by atoms with Crippen LogP contribution in [0.4, 0.5) is 13.2 Å². The maximum atomic E-state index is 13.0. The highest BCUT2D eigenvalue weighted by molar-refractivity contribution is 5.31. The second-order valence-electron chi connectivity index (χ2n) is 4.60. The highest BCUT2D eigenvalue weighted by Crippen LogP contribution is 2.37. The monoisotopic (exact) mass is 277 g/mol. The average molecular weight is 277 g/mol. The highest BCUT2D eigenvalue weighted by atomic mass is 19.4. The van der Waals surface area contributed by atoms with Crippen LogP contribution in [-0.4, -0.2) is 17.2 Å². The van der Waals surface area contributed by atoms with Crippen LogP contribution in [0.1, 0.15) is 37.9 Å². The van der Waals surface area contributed by atoms with Crippen molar-refractivity contribution in [1.29, 1.82) is 0 Å². The average Bonchev–Trinajstić information content (AvgIpc) is 2.28. The van der Waals surface area contributed by atoms with E-state index in [1.54, 1.807) is 20.8 Å². The van der Waals surface area contributed by atoms with Gasteiger partial charge >= 0.3 is 6.18 Å². The Bertz CT molecular complexity index is 421. The molecule has 0 radical (unpaired) electrons. The lowest BCUT2D eigenvalue weighted by Crippen LogP contribution is -2.45. The second kappa shape index (κ2) is 5.85. The van der Waals surface area contributed by atoms with Gasteiger partial charge in [-0.05, 0) is 26.8 Å². The van der Waals surface area contributed by atoms with Gasteiger partial charge in [-0.15, -0.1) is 0 Å². The molecule has 19 heavy (non-hydrogen) atoms. The Hall–Kier alpha value is -1.18. The second-order valence-corrected chi connectivity index (χ2v) is 4.60. The van der Waals surface area contributed by atoms with E-state index in [9.17, 15) is 13.2 Å². The molecule has 108 valence electrons. The Morgan fingerprint density at radius 3 is 2.53 bits per heavy atom. The van der Waals surface area contributed by atoms with Crippen molar-refractivity contribution in [2.24, 2.45) is 5.84 Å². The van der Waals surface area contributed by atoms with Gasteiger partial charge in [0.05, 0.1) is 17.2 Å². The van der Waals surface area contributed by atoms with E-state index in [1.165, 1.54) is 0 Å². The van der Waals surface area contributed by atoms with Crippen LogP contribution in [0.25, 0.3) is 0 Å². The minimum Gasteiger partial charge on any atom is -0.374 e. The first-order valence-corrected chi connectivity index (χ1v) is 5.85. The summed E-state index contributed by atoms with van der Waals surface area (Å²) >= 11 is 0. The van der Waals surface area contributed by atoms with Crippen molar-refractivity contribution in [2.45, 2.75) is 38.6 Å². The molecule has 7 heteroatoms. The number of hydrazine groups is 1. The molecule has 0 saturated heterocycles. The number of nitrogens with one attached hydrogen (secondary N) is 1. The van der Waals surface area contributed by atoms with E-state index < -0.39 is 23.4 Å². The molecule has 0 amide bonds. The molecule has 3 N–H and O–H groups in total. The summed E-state index contributed by atoms with van der Waals surface area (Å²) in [4.78, 5) is 3.75. The summed E-state index contributed by atoms with van der Waals surface area (Å²) in [5.74, 6) is 5.41. The highest BCUT2D eigenvalue weighted by Gasteiger charge is 2.39. The largest absolute Gasteiger partial charge is 0.416 e. The fraction of sp³-hybridized carbons (Fsp3) is 0.583. The maximum Gasteiger partial charge on any atom is 0.416 e. The third-order valence-electron chi connectivity index (χ3n) is 2.85. The minimum atomic E-state index is -4.46. The van der Waals surface area contributed by atoms with E-state index in [1.807, 2.05) is 0 Å². The smallest absolute Gasteiger partial charge is 0.374 e. The van der Waals surface area contributed by atoms with Crippen molar-refractivity contribution in [3.05, 3.63) is 29.6 Å². The number of nitrogens with zero attached hydrogens (tertiary/aromatic N) is 1. The fourth-order valence-electron chi connectivity index (χ4n) is 2.02. The Balaban J connectivity index is 3.27. The van der Waals surface area contributed by atoms with Gasteiger partial charge in [-0.25, -0.2) is 0 Å². The van der Waals surface area contributed by atoms with Gasteiger partial charge in [-0.3, -0.25) is 16.3 Å². The standard InChI is InChI=1S/C12H18F3N3O/c1-4-19-11(2,3)10(18-16)8-7-17-6-5-9(8)12(13,14)15/h5-7,10,18H,4,16H2,1-3H3. The first-order chi connectivity index (χ1) is 8.74. The molecule has 0 bridgehead atoms. The normalized spacial score (nSPS) is 14.5. The number of rotatable bonds is 5. The Labute approximate surface area is 110 Å². The number of hydrogen-bond acceptors (Lipinski definition) is 4. The van der Waals surface area contributed by atoms with Crippen molar-refractivity contribution in [3.8, 4) is 0 Å². The zero-order chi connectivity index (χ0) is 14.7. The summed E-state index contributed by atoms with van der Waals surface area (Å²) in [5, 5.41) is 0. The molecule has 1 aromatic heterocycles. The van der Waals surface area contributed by atoms with Gasteiger partial charge in [0.1, 0.15) is 0 Å². The number of pyridine rings is 1. The molecule has 0 aromatic carbocycles. The predicted molar refractivity (Wildman–Crippen MR) is 65.0 cm³/mol. The number of nitrogens with two attached hydrogens (primary N) is 1. The van der Waals surface area contributed by atoms with Gasteiger partial charge in [-0.2, -0.15) is 13.2 Å². The summed E-state index contributed by atoms with van der Waals surface area (Å²) in [6, 6.07) is 0.111. The van der Waals surface area contributed by atoms with Crippen LogP contribution in [0.15, 0.2) is 18.5 Å². The van der Waals surface area contributed by atoms with E-state index in [-0.39, 0.29) is 5.56 Å². The molecule has 0 fully saturated rings. The first kappa shape index (κ1) is 15.9. The van der Waals surface area contributed by atoms with Crippen LogP contribution in [-0.2, 0) is 10.9 Å². The molecule has 4 nitrogen and oxygen atoms in total. The van der Waals surface area contributed by atoms with Crippen LogP contribution in [0.2, 0.25) is 0 Å². The Morgan fingerprint density at radius 2 is 2.05 bits per heavy atom. The van der Waals surface area contributed by atoms with Gasteiger partial charge in [-0.1, -0.05) is 0 Å². The zero-order valence-electron chi connectivity index (χ0n) is 11.1. The van der Waals surface area contributed by atoms with E-state index in [2.05, 4.69) is 10.4 Å². The van der Waals surface area contributed by atoms with Crippen molar-refractivity contribution in [1.82, 2.24) is 10.4 Å². The number of alkyl halides is 3. The van der Waals surface area contributed by atoms with Gasteiger partial charge in [0.25, 0.3) is 0 Å². The molecule has 0 aliphatic carbocycles. The van der Waals surface area contributed by atoms with Crippen LogP contribution in [0, 0.1) is 0 Å². The molecule has 1 atom stereocenters. The predicted octanol–water partition coefficient (Wildman–Crippen LogP) is 2.42. The molecule has 0 saturated carbocycles. The van der Waals surface area contributed by atoms with Gasteiger partial charge < -0.3 is 4.74 Å².